The molecular formula is C18H28N2O. The molecule has 1 aromatic carbocycles. The largest absolute Gasteiger partial charge is 0.318 e. The molecule has 1 aliphatic rings. The second-order valence-electron chi connectivity index (χ2n) is 6.41. The molecule has 1 amide bonds. The van der Waals surface area contributed by atoms with Crippen LogP contribution < -0.4 is 5.32 Å². The second-order valence-corrected chi connectivity index (χ2v) is 6.41. The molecule has 21 heavy (non-hydrogen) atoms. The summed E-state index contributed by atoms with van der Waals surface area (Å²) >= 11 is 0. The third kappa shape index (κ3) is 3.13. The Labute approximate surface area is 128 Å². The second kappa shape index (κ2) is 6.61. The number of hydrogen-bond donors (Lipinski definition) is 1. The van der Waals surface area contributed by atoms with E-state index in [1.165, 1.54) is 11.1 Å². The van der Waals surface area contributed by atoms with Gasteiger partial charge in [0.1, 0.15) is 6.17 Å². The first-order chi connectivity index (χ1) is 9.99. The molecule has 1 aromatic rings. The fourth-order valence-corrected chi connectivity index (χ4v) is 3.38. The van der Waals surface area contributed by atoms with Crippen LogP contribution in [0, 0.1) is 12.8 Å². The number of amides is 1. The number of carbonyl (C=O) groups excluding carboxylic acids is 1. The van der Waals surface area contributed by atoms with Crippen molar-refractivity contribution >= 4 is 5.91 Å². The van der Waals surface area contributed by atoms with Crippen molar-refractivity contribution in [3.63, 3.8) is 0 Å². The lowest BCUT2D eigenvalue weighted by atomic mass is 9.98. The lowest BCUT2D eigenvalue weighted by molar-refractivity contribution is -0.133. The molecule has 2 rings (SSSR count). The minimum Gasteiger partial charge on any atom is -0.318 e. The predicted molar refractivity (Wildman–Crippen MR) is 86.9 cm³/mol. The Morgan fingerprint density at radius 1 is 1.29 bits per heavy atom. The van der Waals surface area contributed by atoms with E-state index in [1.54, 1.807) is 0 Å². The molecule has 0 aliphatic carbocycles. The van der Waals surface area contributed by atoms with Gasteiger partial charge in [-0.1, -0.05) is 57.5 Å². The van der Waals surface area contributed by atoms with E-state index in [0.29, 0.717) is 5.92 Å². The van der Waals surface area contributed by atoms with Crippen LogP contribution in [0.25, 0.3) is 0 Å². The molecule has 1 saturated heterocycles. The summed E-state index contributed by atoms with van der Waals surface area (Å²) in [5.74, 6) is 0.716. The number of nitrogens with zero attached hydrogens (tertiary/aromatic N) is 1. The van der Waals surface area contributed by atoms with E-state index in [1.807, 2.05) is 0 Å². The summed E-state index contributed by atoms with van der Waals surface area (Å²) < 4.78 is 0. The summed E-state index contributed by atoms with van der Waals surface area (Å²) in [5, 5.41) is 3.53. The molecule has 1 heterocycles. The average Bonchev–Trinajstić information content (AvgIpc) is 2.77. The highest BCUT2D eigenvalue weighted by Crippen LogP contribution is 2.32. The summed E-state index contributed by atoms with van der Waals surface area (Å²) in [6, 6.07) is 8.71. The quantitative estimate of drug-likeness (QED) is 0.897. The Bertz CT molecular complexity index is 498. The van der Waals surface area contributed by atoms with Crippen molar-refractivity contribution in [2.24, 2.45) is 5.92 Å². The maximum absolute atomic E-state index is 12.8. The van der Waals surface area contributed by atoms with Gasteiger partial charge in [-0.3, -0.25) is 10.1 Å². The van der Waals surface area contributed by atoms with Gasteiger partial charge in [0.15, 0.2) is 0 Å². The number of benzene rings is 1. The molecule has 116 valence electrons. The van der Waals surface area contributed by atoms with E-state index in [-0.39, 0.29) is 24.2 Å². The Hall–Kier alpha value is -1.35. The van der Waals surface area contributed by atoms with E-state index in [0.717, 1.165) is 12.8 Å². The SMILES string of the molecule is CCC1NC(c2cccc(C)c2)N(C(CC)C(C)C)C1=O. The summed E-state index contributed by atoms with van der Waals surface area (Å²) in [7, 11) is 0. The first-order valence-electron chi connectivity index (χ1n) is 8.14. The van der Waals surface area contributed by atoms with Gasteiger partial charge in [0.25, 0.3) is 0 Å². The van der Waals surface area contributed by atoms with Crippen LogP contribution in [0.3, 0.4) is 0 Å². The van der Waals surface area contributed by atoms with Gasteiger partial charge in [0, 0.05) is 6.04 Å². The monoisotopic (exact) mass is 288 g/mol. The Kier molecular flexibility index (Phi) is 5.04. The number of hydrogen-bond acceptors (Lipinski definition) is 2. The van der Waals surface area contributed by atoms with E-state index < -0.39 is 0 Å². The van der Waals surface area contributed by atoms with Crippen molar-refractivity contribution in [1.29, 1.82) is 0 Å². The van der Waals surface area contributed by atoms with Gasteiger partial charge >= 0.3 is 0 Å². The molecule has 1 aliphatic heterocycles. The molecule has 0 spiro atoms. The first-order valence-corrected chi connectivity index (χ1v) is 8.14. The zero-order chi connectivity index (χ0) is 15.6. The topological polar surface area (TPSA) is 32.3 Å². The zero-order valence-corrected chi connectivity index (χ0v) is 13.9. The molecule has 1 fully saturated rings. The maximum atomic E-state index is 12.8. The third-order valence-corrected chi connectivity index (χ3v) is 4.50. The third-order valence-electron chi connectivity index (χ3n) is 4.50. The van der Waals surface area contributed by atoms with Crippen molar-refractivity contribution in [3.05, 3.63) is 35.4 Å². The van der Waals surface area contributed by atoms with Crippen molar-refractivity contribution in [2.45, 2.75) is 65.7 Å². The van der Waals surface area contributed by atoms with Gasteiger partial charge in [-0.15, -0.1) is 0 Å². The van der Waals surface area contributed by atoms with Crippen LogP contribution in [0.4, 0.5) is 0 Å². The predicted octanol–water partition coefficient (Wildman–Crippen LogP) is 3.64. The molecule has 3 unspecified atom stereocenters. The fourth-order valence-electron chi connectivity index (χ4n) is 3.38. The van der Waals surface area contributed by atoms with Crippen LogP contribution in [0.15, 0.2) is 24.3 Å². The van der Waals surface area contributed by atoms with Crippen molar-refractivity contribution in [2.75, 3.05) is 0 Å². The summed E-state index contributed by atoms with van der Waals surface area (Å²) in [6.45, 7) is 10.7. The van der Waals surface area contributed by atoms with Crippen molar-refractivity contribution in [1.82, 2.24) is 10.2 Å². The number of rotatable bonds is 5. The molecule has 0 radical (unpaired) electrons. The molecule has 0 saturated carbocycles. The van der Waals surface area contributed by atoms with Gasteiger partial charge < -0.3 is 4.90 Å². The smallest absolute Gasteiger partial charge is 0.241 e. The maximum Gasteiger partial charge on any atom is 0.241 e. The molecule has 3 atom stereocenters. The molecule has 0 aromatic heterocycles. The van der Waals surface area contributed by atoms with Crippen molar-refractivity contribution < 1.29 is 4.79 Å². The first kappa shape index (κ1) is 16.0. The normalized spacial score (nSPS) is 23.9. The van der Waals surface area contributed by atoms with E-state index in [2.05, 4.69) is 69.1 Å². The highest BCUT2D eigenvalue weighted by Gasteiger charge is 2.42. The van der Waals surface area contributed by atoms with E-state index in [9.17, 15) is 4.79 Å². The van der Waals surface area contributed by atoms with Crippen LogP contribution in [0.5, 0.6) is 0 Å². The minimum atomic E-state index is -0.0525. The van der Waals surface area contributed by atoms with Crippen molar-refractivity contribution in [3.8, 4) is 0 Å². The fraction of sp³-hybridized carbons (Fsp3) is 0.611. The molecule has 3 nitrogen and oxygen atoms in total. The standard InChI is InChI=1S/C18H28N2O/c1-6-15-18(21)20(16(7-2)12(3)4)17(19-15)14-10-8-9-13(5)11-14/h8-12,15-17,19H,6-7H2,1-5H3. The minimum absolute atomic E-state index is 0.00898. The Morgan fingerprint density at radius 3 is 2.52 bits per heavy atom. The molecule has 1 N–H and O–H groups in total. The molecule has 3 heteroatoms. The van der Waals surface area contributed by atoms with Gasteiger partial charge in [-0.2, -0.15) is 0 Å². The lowest BCUT2D eigenvalue weighted by Gasteiger charge is -2.35. The number of aryl methyl sites for hydroxylation is 1. The van der Waals surface area contributed by atoms with Crippen LogP contribution in [0.2, 0.25) is 0 Å². The van der Waals surface area contributed by atoms with E-state index >= 15 is 0 Å². The van der Waals surface area contributed by atoms with Gasteiger partial charge in [0.05, 0.1) is 6.04 Å². The summed E-state index contributed by atoms with van der Waals surface area (Å²) in [4.78, 5) is 14.9. The van der Waals surface area contributed by atoms with Crippen LogP contribution in [0.1, 0.15) is 57.8 Å². The summed E-state index contributed by atoms with van der Waals surface area (Å²) in [5.41, 5.74) is 2.43. The van der Waals surface area contributed by atoms with E-state index in [4.69, 9.17) is 0 Å². The van der Waals surface area contributed by atoms with Gasteiger partial charge in [-0.05, 0) is 31.2 Å². The number of nitrogens with one attached hydrogen (secondary N) is 1. The van der Waals surface area contributed by atoms with Gasteiger partial charge in [-0.25, -0.2) is 0 Å². The van der Waals surface area contributed by atoms with Crippen LogP contribution in [-0.2, 0) is 4.79 Å². The average molecular weight is 288 g/mol. The lowest BCUT2D eigenvalue weighted by Crippen LogP contribution is -2.42. The summed E-state index contributed by atoms with van der Waals surface area (Å²) in [6.07, 6.45) is 1.84. The molecule has 0 bridgehead atoms. The zero-order valence-electron chi connectivity index (χ0n) is 13.9. The Morgan fingerprint density at radius 2 is 2.00 bits per heavy atom. The highest BCUT2D eigenvalue weighted by atomic mass is 16.2. The highest BCUT2D eigenvalue weighted by molar-refractivity contribution is 5.84. The number of carbonyl (C=O) groups is 1. The van der Waals surface area contributed by atoms with Crippen LogP contribution >= 0.6 is 0 Å². The molecular weight excluding hydrogens is 260 g/mol. The van der Waals surface area contributed by atoms with Gasteiger partial charge in [0.2, 0.25) is 5.91 Å². The van der Waals surface area contributed by atoms with Crippen LogP contribution in [-0.4, -0.2) is 22.9 Å². The Balaban J connectivity index is 2.39.